The molecule has 1 aliphatic heterocycles. The third kappa shape index (κ3) is 5.47. The smallest absolute Gasteiger partial charge is 0.380 e. The molecule has 6 nitrogen and oxygen atoms in total. The molecule has 1 aromatic carbocycles. The van der Waals surface area contributed by atoms with E-state index in [4.69, 9.17) is 0 Å². The Hall–Kier alpha value is -2.62. The lowest BCUT2D eigenvalue weighted by Gasteiger charge is -2.33. The fourth-order valence-corrected chi connectivity index (χ4v) is 6.68. The van der Waals surface area contributed by atoms with Crippen LogP contribution in [-0.4, -0.2) is 55.0 Å². The number of fused-ring (bicyclic) bond motifs is 1. The van der Waals surface area contributed by atoms with Crippen LogP contribution in [0.5, 0.6) is 0 Å². The topological polar surface area (TPSA) is 79.4 Å². The minimum atomic E-state index is -4.73. The van der Waals surface area contributed by atoms with E-state index in [0.717, 1.165) is 19.9 Å². The molecule has 2 aliphatic rings. The highest BCUT2D eigenvalue weighted by Gasteiger charge is 2.47. The third-order valence-electron chi connectivity index (χ3n) is 7.19. The molecule has 1 amide bonds. The van der Waals surface area contributed by atoms with Gasteiger partial charge in [0.25, 0.3) is 0 Å². The largest absolute Gasteiger partial charge is 0.414 e. The average Bonchev–Trinajstić information content (AvgIpc) is 3.21. The molecule has 0 spiro atoms. The number of anilines is 1. The Balaban J connectivity index is 1.47. The van der Waals surface area contributed by atoms with Crippen LogP contribution in [0.15, 0.2) is 30.5 Å². The SMILES string of the molecule is Cc1ccc(C)c2c1CC(Nc1ccc([C@H](N(C)C(=O)C3CCS(=O)(=O)CC3)C(F)(F)F)nc1)C2. The van der Waals surface area contributed by atoms with Crippen LogP contribution in [0.3, 0.4) is 0 Å². The average molecular weight is 510 g/mol. The summed E-state index contributed by atoms with van der Waals surface area (Å²) in [6, 6.07) is 5.00. The number of carbonyl (C=O) groups is 1. The van der Waals surface area contributed by atoms with Gasteiger partial charge in [-0.2, -0.15) is 13.2 Å². The first-order valence-electron chi connectivity index (χ1n) is 11.7. The molecule has 0 bridgehead atoms. The molecule has 1 aromatic heterocycles. The van der Waals surface area contributed by atoms with Crippen LogP contribution < -0.4 is 5.32 Å². The second-order valence-electron chi connectivity index (χ2n) is 9.70. The van der Waals surface area contributed by atoms with Gasteiger partial charge in [-0.1, -0.05) is 12.1 Å². The molecule has 0 saturated carbocycles. The van der Waals surface area contributed by atoms with E-state index < -0.39 is 33.9 Å². The second-order valence-corrected chi connectivity index (χ2v) is 12.0. The van der Waals surface area contributed by atoms with Crippen LogP contribution in [0.1, 0.15) is 46.8 Å². The molecule has 1 aliphatic carbocycles. The standard InChI is InChI=1S/C25H30F3N3O3S/c1-15-4-5-16(2)21-13-19(12-20(15)21)30-18-6-7-22(29-14-18)23(25(26,27)28)31(3)24(32)17-8-10-35(33,34)11-9-17/h4-7,14,17,19,23,30H,8-13H2,1-3H3/t23-/m0/s1. The van der Waals surface area contributed by atoms with Gasteiger partial charge in [0.2, 0.25) is 5.91 Å². The first-order valence-corrected chi connectivity index (χ1v) is 13.5. The fraction of sp³-hybridized carbons (Fsp3) is 0.520. The molecule has 1 saturated heterocycles. The van der Waals surface area contributed by atoms with Crippen molar-refractivity contribution in [3.8, 4) is 0 Å². The summed E-state index contributed by atoms with van der Waals surface area (Å²) in [6.45, 7) is 4.16. The number of nitrogens with one attached hydrogen (secondary N) is 1. The van der Waals surface area contributed by atoms with Gasteiger partial charge in [-0.25, -0.2) is 8.42 Å². The van der Waals surface area contributed by atoms with Gasteiger partial charge in [0.1, 0.15) is 9.84 Å². The van der Waals surface area contributed by atoms with Crippen molar-refractivity contribution in [2.45, 2.75) is 57.8 Å². The van der Waals surface area contributed by atoms with Crippen molar-refractivity contribution in [3.63, 3.8) is 0 Å². The van der Waals surface area contributed by atoms with Crippen molar-refractivity contribution in [1.29, 1.82) is 0 Å². The lowest BCUT2D eigenvalue weighted by Crippen LogP contribution is -2.44. The van der Waals surface area contributed by atoms with E-state index in [2.05, 4.69) is 36.3 Å². The summed E-state index contributed by atoms with van der Waals surface area (Å²) in [7, 11) is -2.12. The maximum Gasteiger partial charge on any atom is 0.414 e. The van der Waals surface area contributed by atoms with Gasteiger partial charge in [-0.3, -0.25) is 9.78 Å². The highest BCUT2D eigenvalue weighted by Crippen LogP contribution is 2.38. The highest BCUT2D eigenvalue weighted by molar-refractivity contribution is 7.91. The molecule has 10 heteroatoms. The Morgan fingerprint density at radius 3 is 2.11 bits per heavy atom. The Kier molecular flexibility index (Phi) is 6.87. The molecule has 2 heterocycles. The van der Waals surface area contributed by atoms with Crippen molar-refractivity contribution in [2.24, 2.45) is 5.92 Å². The van der Waals surface area contributed by atoms with Crippen molar-refractivity contribution >= 4 is 21.4 Å². The lowest BCUT2D eigenvalue weighted by atomic mass is 9.99. The van der Waals surface area contributed by atoms with Crippen LogP contribution in [-0.2, 0) is 27.5 Å². The Labute approximate surface area is 203 Å². The van der Waals surface area contributed by atoms with Crippen LogP contribution in [0, 0.1) is 19.8 Å². The van der Waals surface area contributed by atoms with Crippen LogP contribution >= 0.6 is 0 Å². The molecule has 2 aromatic rings. The number of pyridine rings is 1. The normalized spacial score (nSPS) is 19.3. The zero-order valence-corrected chi connectivity index (χ0v) is 20.8. The predicted molar refractivity (Wildman–Crippen MR) is 128 cm³/mol. The summed E-state index contributed by atoms with van der Waals surface area (Å²) in [5, 5.41) is 3.38. The molecule has 35 heavy (non-hydrogen) atoms. The van der Waals surface area contributed by atoms with E-state index >= 15 is 0 Å². The number of rotatable bonds is 5. The number of nitrogens with zero attached hydrogens (tertiary/aromatic N) is 2. The summed E-state index contributed by atoms with van der Waals surface area (Å²) in [5.41, 5.74) is 5.46. The number of hydrogen-bond donors (Lipinski definition) is 1. The minimum absolute atomic E-state index is 0.0368. The number of halogens is 3. The number of amides is 1. The minimum Gasteiger partial charge on any atom is -0.380 e. The molecule has 190 valence electrons. The first kappa shape index (κ1) is 25.5. The summed E-state index contributed by atoms with van der Waals surface area (Å²) in [5.74, 6) is -1.82. The Morgan fingerprint density at radius 2 is 1.63 bits per heavy atom. The molecule has 0 unspecified atom stereocenters. The second kappa shape index (κ2) is 9.44. The fourth-order valence-electron chi connectivity index (χ4n) is 5.19. The molecule has 0 radical (unpaired) electrons. The molecule has 4 rings (SSSR count). The van der Waals surface area contributed by atoms with E-state index in [-0.39, 0.29) is 36.1 Å². The zero-order chi connectivity index (χ0) is 25.5. The quantitative estimate of drug-likeness (QED) is 0.655. The number of carbonyl (C=O) groups excluding carboxylic acids is 1. The van der Waals surface area contributed by atoms with Gasteiger partial charge in [0.05, 0.1) is 29.1 Å². The molecular weight excluding hydrogens is 479 g/mol. The summed E-state index contributed by atoms with van der Waals surface area (Å²) >= 11 is 0. The van der Waals surface area contributed by atoms with Crippen molar-refractivity contribution in [1.82, 2.24) is 9.88 Å². The number of sulfone groups is 1. The summed E-state index contributed by atoms with van der Waals surface area (Å²) < 4.78 is 65.3. The Bertz CT molecular complexity index is 1170. The van der Waals surface area contributed by atoms with Gasteiger partial charge < -0.3 is 10.2 Å². The van der Waals surface area contributed by atoms with Gasteiger partial charge in [-0.15, -0.1) is 0 Å². The summed E-state index contributed by atoms with van der Waals surface area (Å²) in [6.07, 6.45) is -1.60. The van der Waals surface area contributed by atoms with Crippen molar-refractivity contribution in [3.05, 3.63) is 58.4 Å². The van der Waals surface area contributed by atoms with Gasteiger partial charge in [0, 0.05) is 19.0 Å². The zero-order valence-electron chi connectivity index (χ0n) is 20.0. The maximum atomic E-state index is 14.0. The van der Waals surface area contributed by atoms with Crippen LogP contribution in [0.25, 0.3) is 0 Å². The summed E-state index contributed by atoms with van der Waals surface area (Å²) in [4.78, 5) is 17.6. The molecule has 1 atom stereocenters. The molecule has 1 fully saturated rings. The van der Waals surface area contributed by atoms with E-state index in [0.29, 0.717) is 10.6 Å². The van der Waals surface area contributed by atoms with E-state index in [1.165, 1.54) is 34.5 Å². The predicted octanol–water partition coefficient (Wildman–Crippen LogP) is 4.16. The van der Waals surface area contributed by atoms with Gasteiger partial charge in [0.15, 0.2) is 6.04 Å². The van der Waals surface area contributed by atoms with Crippen LogP contribution in [0.4, 0.5) is 18.9 Å². The van der Waals surface area contributed by atoms with Gasteiger partial charge >= 0.3 is 6.18 Å². The lowest BCUT2D eigenvalue weighted by molar-refractivity contribution is -0.191. The first-order chi connectivity index (χ1) is 16.4. The van der Waals surface area contributed by atoms with Crippen molar-refractivity contribution in [2.75, 3.05) is 23.9 Å². The maximum absolute atomic E-state index is 14.0. The Morgan fingerprint density at radius 1 is 1.06 bits per heavy atom. The monoisotopic (exact) mass is 509 g/mol. The van der Waals surface area contributed by atoms with E-state index in [9.17, 15) is 26.4 Å². The van der Waals surface area contributed by atoms with Gasteiger partial charge in [-0.05, 0) is 73.9 Å². The van der Waals surface area contributed by atoms with Crippen LogP contribution in [0.2, 0.25) is 0 Å². The number of benzene rings is 1. The number of aromatic nitrogens is 1. The highest BCUT2D eigenvalue weighted by atomic mass is 32.2. The molecule has 1 N–H and O–H groups in total. The molecular formula is C25H30F3N3O3S. The van der Waals surface area contributed by atoms with E-state index in [1.54, 1.807) is 6.07 Å². The van der Waals surface area contributed by atoms with E-state index in [1.807, 2.05) is 0 Å². The van der Waals surface area contributed by atoms with Crippen molar-refractivity contribution < 1.29 is 26.4 Å². The number of hydrogen-bond acceptors (Lipinski definition) is 5. The number of alkyl halides is 3. The number of aryl methyl sites for hydroxylation is 2. The third-order valence-corrected chi connectivity index (χ3v) is 8.90.